The Labute approximate surface area is 267 Å². The minimum Gasteiger partial charge on any atom is -0.505 e. The summed E-state index contributed by atoms with van der Waals surface area (Å²) in [5.74, 6) is -5.75. The molecular weight excluding hydrogens is 584 g/mol. The zero-order chi connectivity index (χ0) is 33.5. The Morgan fingerprint density at radius 2 is 1.59 bits per heavy atom. The molecule has 0 aromatic heterocycles. The van der Waals surface area contributed by atoms with Crippen molar-refractivity contribution < 1.29 is 34.2 Å². The highest BCUT2D eigenvalue weighted by molar-refractivity contribution is 6.33. The molecule has 9 heteroatoms. The van der Waals surface area contributed by atoms with E-state index in [-0.39, 0.29) is 35.6 Å². The van der Waals surface area contributed by atoms with Gasteiger partial charge in [0.1, 0.15) is 5.75 Å². The van der Waals surface area contributed by atoms with Gasteiger partial charge in [0.2, 0.25) is 5.78 Å². The molecule has 46 heavy (non-hydrogen) atoms. The molecule has 9 nitrogen and oxygen atoms in total. The lowest BCUT2D eigenvalue weighted by Gasteiger charge is -2.61. The number of phenolic OH excluding ortho intramolecular Hbond substituents is 1. The highest BCUT2D eigenvalue weighted by Crippen LogP contribution is 2.64. The first-order valence-corrected chi connectivity index (χ1v) is 15.5. The van der Waals surface area contributed by atoms with Crippen molar-refractivity contribution in [2.45, 2.75) is 60.0 Å². The van der Waals surface area contributed by atoms with Gasteiger partial charge in [0.05, 0.1) is 28.4 Å². The standard InChI is InChI=1S/C37H38N2O7/c1-18(2)28-19(3)26(20(4)40)32(43)37(46)33(44)29-31(42)27-22(16-35(29,5)17-36(28,37)6)14-15-25(30(27)41)39-34(45)38-24-13-9-11-21-10-7-8-12-23(21)24/h7-15,18,28-29,41,46H,16-17H2,1-6H3,(H2,38,39,45)/t28-,29?,35+,36+,37-/m1/s1. The molecule has 2 amide bonds. The van der Waals surface area contributed by atoms with E-state index in [9.17, 15) is 34.2 Å². The SMILES string of the molecule is CC(=O)C1=C(C)[C@@H](C(C)C)[C@]2(C)C[C@]3(C)Cc4ccc(NC(=O)Nc5cccc6ccccc56)c(O)c4C(=O)C3C(=O)[C@]2(O)C1=O. The molecule has 1 saturated carbocycles. The number of allylic oxidation sites excluding steroid dienone is 1. The molecule has 3 aliphatic carbocycles. The third kappa shape index (κ3) is 4.21. The third-order valence-corrected chi connectivity index (χ3v) is 10.7. The number of aromatic hydroxyl groups is 1. The van der Waals surface area contributed by atoms with Crippen LogP contribution >= 0.6 is 0 Å². The van der Waals surface area contributed by atoms with Crippen molar-refractivity contribution in [1.29, 1.82) is 0 Å². The largest absolute Gasteiger partial charge is 0.505 e. The zero-order valence-electron chi connectivity index (χ0n) is 26.8. The van der Waals surface area contributed by atoms with Gasteiger partial charge in [-0.25, -0.2) is 4.79 Å². The predicted molar refractivity (Wildman–Crippen MR) is 174 cm³/mol. The van der Waals surface area contributed by atoms with Crippen LogP contribution in [0.1, 0.15) is 63.9 Å². The lowest BCUT2D eigenvalue weighted by atomic mass is 9.40. The number of ketones is 4. The molecule has 5 atom stereocenters. The molecule has 1 fully saturated rings. The van der Waals surface area contributed by atoms with Crippen LogP contribution in [0.4, 0.5) is 16.2 Å². The van der Waals surface area contributed by atoms with E-state index in [0.717, 1.165) is 10.8 Å². The fraction of sp³-hybridized carbons (Fsp3) is 0.378. The van der Waals surface area contributed by atoms with Gasteiger partial charge in [0.25, 0.3) is 0 Å². The lowest BCUT2D eigenvalue weighted by Crippen LogP contribution is -2.73. The molecule has 0 bridgehead atoms. The number of hydrogen-bond donors (Lipinski definition) is 4. The van der Waals surface area contributed by atoms with Crippen LogP contribution in [0.3, 0.4) is 0 Å². The molecule has 238 valence electrons. The fourth-order valence-corrected chi connectivity index (χ4v) is 9.19. The van der Waals surface area contributed by atoms with Crippen molar-refractivity contribution in [2.75, 3.05) is 10.6 Å². The lowest BCUT2D eigenvalue weighted by molar-refractivity contribution is -0.192. The van der Waals surface area contributed by atoms with E-state index >= 15 is 0 Å². The predicted octanol–water partition coefficient (Wildman–Crippen LogP) is 6.02. The highest BCUT2D eigenvalue weighted by atomic mass is 16.3. The molecule has 6 rings (SSSR count). The maximum absolute atomic E-state index is 14.5. The summed E-state index contributed by atoms with van der Waals surface area (Å²) in [6, 6.07) is 15.5. The molecule has 3 aliphatic rings. The van der Waals surface area contributed by atoms with E-state index in [4.69, 9.17) is 0 Å². The Balaban J connectivity index is 1.38. The number of urea groups is 1. The number of hydrogen-bond acceptors (Lipinski definition) is 7. The first-order chi connectivity index (χ1) is 21.6. The maximum atomic E-state index is 14.5. The summed E-state index contributed by atoms with van der Waals surface area (Å²) in [6.45, 7) is 10.3. The van der Waals surface area contributed by atoms with Gasteiger partial charge in [-0.3, -0.25) is 19.2 Å². The second-order valence-electron chi connectivity index (χ2n) is 14.1. The number of rotatable bonds is 4. The van der Waals surface area contributed by atoms with Gasteiger partial charge in [-0.2, -0.15) is 0 Å². The van der Waals surface area contributed by atoms with Gasteiger partial charge in [-0.05, 0) is 67.0 Å². The molecule has 3 aromatic carbocycles. The van der Waals surface area contributed by atoms with Crippen LogP contribution in [-0.4, -0.2) is 45.0 Å². The number of anilines is 2. The highest BCUT2D eigenvalue weighted by Gasteiger charge is 2.73. The number of carbonyl (C=O) groups is 5. The average Bonchev–Trinajstić information content (AvgIpc) is 2.96. The van der Waals surface area contributed by atoms with Gasteiger partial charge in [-0.15, -0.1) is 0 Å². The van der Waals surface area contributed by atoms with Gasteiger partial charge in [0.15, 0.2) is 23.0 Å². The molecule has 0 radical (unpaired) electrons. The van der Waals surface area contributed by atoms with Crippen LogP contribution in [0.2, 0.25) is 0 Å². The van der Waals surface area contributed by atoms with Crippen LogP contribution in [0.5, 0.6) is 5.75 Å². The van der Waals surface area contributed by atoms with E-state index in [1.807, 2.05) is 51.1 Å². The summed E-state index contributed by atoms with van der Waals surface area (Å²) < 4.78 is 0. The molecular formula is C37H38N2O7. The smallest absolute Gasteiger partial charge is 0.323 e. The van der Waals surface area contributed by atoms with Crippen LogP contribution in [0.25, 0.3) is 10.8 Å². The van der Waals surface area contributed by atoms with Gasteiger partial charge in [-0.1, -0.05) is 75.7 Å². The van der Waals surface area contributed by atoms with Gasteiger partial charge < -0.3 is 20.8 Å². The number of phenols is 1. The summed E-state index contributed by atoms with van der Waals surface area (Å²) in [5.41, 5.74) is -3.64. The first kappa shape index (κ1) is 31.4. The first-order valence-electron chi connectivity index (χ1n) is 15.5. The maximum Gasteiger partial charge on any atom is 0.323 e. The van der Waals surface area contributed by atoms with Gasteiger partial charge >= 0.3 is 6.03 Å². The number of Topliss-reactive ketones (excluding diaryl/α,β-unsaturated/α-hetero) is 4. The number of fused-ring (bicyclic) bond motifs is 4. The topological polar surface area (TPSA) is 150 Å². The van der Waals surface area contributed by atoms with E-state index in [2.05, 4.69) is 10.6 Å². The van der Waals surface area contributed by atoms with Gasteiger partial charge in [0, 0.05) is 10.8 Å². The molecule has 4 N–H and O–H groups in total. The normalized spacial score (nSPS) is 28.9. The van der Waals surface area contributed by atoms with Crippen molar-refractivity contribution in [3.05, 3.63) is 76.9 Å². The minimum atomic E-state index is -2.61. The second kappa shape index (κ2) is 10.5. The summed E-state index contributed by atoms with van der Waals surface area (Å²) in [4.78, 5) is 68.5. The third-order valence-electron chi connectivity index (χ3n) is 10.7. The summed E-state index contributed by atoms with van der Waals surface area (Å²) >= 11 is 0. The van der Waals surface area contributed by atoms with E-state index in [0.29, 0.717) is 16.8 Å². The Bertz CT molecular complexity index is 1920. The molecule has 0 aliphatic heterocycles. The van der Waals surface area contributed by atoms with Crippen molar-refractivity contribution in [2.24, 2.45) is 28.6 Å². The van der Waals surface area contributed by atoms with Crippen LogP contribution in [-0.2, 0) is 20.8 Å². The Kier molecular flexibility index (Phi) is 7.13. The number of aliphatic hydroxyl groups is 1. The van der Waals surface area contributed by atoms with Crippen molar-refractivity contribution >= 4 is 51.3 Å². The van der Waals surface area contributed by atoms with Crippen LogP contribution < -0.4 is 10.6 Å². The zero-order valence-corrected chi connectivity index (χ0v) is 26.8. The van der Waals surface area contributed by atoms with Crippen molar-refractivity contribution in [3.8, 4) is 5.75 Å². The molecule has 1 unspecified atom stereocenters. The number of benzene rings is 3. The van der Waals surface area contributed by atoms with Crippen LogP contribution in [0, 0.1) is 28.6 Å². The molecule has 3 aromatic rings. The van der Waals surface area contributed by atoms with E-state index in [1.54, 1.807) is 32.0 Å². The Hall–Kier alpha value is -4.63. The summed E-state index contributed by atoms with van der Waals surface area (Å²) in [5, 5.41) is 30.8. The number of amides is 2. The average molecular weight is 623 g/mol. The van der Waals surface area contributed by atoms with Crippen molar-refractivity contribution in [3.63, 3.8) is 0 Å². The summed E-state index contributed by atoms with van der Waals surface area (Å²) in [7, 11) is 0. The molecule has 0 heterocycles. The summed E-state index contributed by atoms with van der Waals surface area (Å²) in [6.07, 6.45) is 0.372. The van der Waals surface area contributed by atoms with Crippen LogP contribution in [0.15, 0.2) is 65.7 Å². The monoisotopic (exact) mass is 622 g/mol. The number of carbonyl (C=O) groups excluding carboxylic acids is 5. The van der Waals surface area contributed by atoms with E-state index < -0.39 is 63.2 Å². The minimum absolute atomic E-state index is 0.0358. The second-order valence-corrected chi connectivity index (χ2v) is 14.1. The quantitative estimate of drug-likeness (QED) is 0.158. The fourth-order valence-electron chi connectivity index (χ4n) is 9.19. The van der Waals surface area contributed by atoms with E-state index in [1.165, 1.54) is 13.0 Å². The Morgan fingerprint density at radius 1 is 0.935 bits per heavy atom. The van der Waals surface area contributed by atoms with Crippen molar-refractivity contribution in [1.82, 2.24) is 0 Å². The number of nitrogens with one attached hydrogen (secondary N) is 2. The molecule has 0 spiro atoms. The Morgan fingerprint density at radius 3 is 2.26 bits per heavy atom. The molecule has 0 saturated heterocycles.